The Morgan fingerprint density at radius 2 is 1.77 bits per heavy atom. The Kier molecular flexibility index (Phi) is 9.29. The summed E-state index contributed by atoms with van der Waals surface area (Å²) in [5.41, 5.74) is 10.1. The van der Waals surface area contributed by atoms with Crippen LogP contribution in [0.3, 0.4) is 0 Å². The van der Waals surface area contributed by atoms with E-state index in [1.54, 1.807) is 17.9 Å². The van der Waals surface area contributed by atoms with Crippen LogP contribution in [0.1, 0.15) is 58.4 Å². The lowest BCUT2D eigenvalue weighted by molar-refractivity contribution is -0.148. The molecule has 3 atom stereocenters. The number of hydrogen-bond acceptors (Lipinski definition) is 7. The Bertz CT molecular complexity index is 1860. The van der Waals surface area contributed by atoms with Gasteiger partial charge < -0.3 is 30.8 Å². The summed E-state index contributed by atoms with van der Waals surface area (Å²) in [5.74, 6) is -2.88. The summed E-state index contributed by atoms with van der Waals surface area (Å²) < 4.78 is 14.8. The van der Waals surface area contributed by atoms with Crippen LogP contribution in [0.4, 0.5) is 10.1 Å². The zero-order valence-corrected chi connectivity index (χ0v) is 26.7. The number of oxime groups is 1. The standard InChI is InChI=1S/C35H33ClFN5O6/c1-19(38)33(44)41-15-12-20(13-16-41)23-4-2-5-25-24(23)14-17-42(31(25)32(43)39-22-10-8-21(9-11-22)35(46)47)34(45)29-18-28(40-48-29)26-6-3-7-27(36)30(26)37/h2-12,19,29,31H,13-18,38H2,1H3,(H,39,43)(H,46,47)/t19-,29?,31?/m0/s1. The highest BCUT2D eigenvalue weighted by atomic mass is 35.5. The maximum Gasteiger partial charge on any atom is 0.335 e. The van der Waals surface area contributed by atoms with Gasteiger partial charge in [-0.1, -0.05) is 47.1 Å². The molecule has 0 aliphatic carbocycles. The van der Waals surface area contributed by atoms with Crippen molar-refractivity contribution in [2.75, 3.05) is 25.0 Å². The minimum Gasteiger partial charge on any atom is -0.478 e. The molecule has 13 heteroatoms. The molecule has 2 unspecified atom stereocenters. The van der Waals surface area contributed by atoms with Gasteiger partial charge in [-0.2, -0.15) is 0 Å². The maximum absolute atomic E-state index is 14.8. The number of rotatable bonds is 7. The lowest BCUT2D eigenvalue weighted by atomic mass is 9.84. The second-order valence-corrected chi connectivity index (χ2v) is 12.3. The van der Waals surface area contributed by atoms with E-state index >= 15 is 0 Å². The van der Waals surface area contributed by atoms with Gasteiger partial charge in [0, 0.05) is 37.3 Å². The van der Waals surface area contributed by atoms with E-state index < -0.39 is 41.8 Å². The monoisotopic (exact) mass is 673 g/mol. The Hall–Kier alpha value is -5.07. The summed E-state index contributed by atoms with van der Waals surface area (Å²) in [6, 6.07) is 14.2. The van der Waals surface area contributed by atoms with E-state index in [1.807, 2.05) is 24.3 Å². The molecule has 0 fully saturated rings. The van der Waals surface area contributed by atoms with Gasteiger partial charge in [-0.15, -0.1) is 0 Å². The summed E-state index contributed by atoms with van der Waals surface area (Å²) in [4.78, 5) is 60.6. The SMILES string of the molecule is C[C@H](N)C(=O)N1CC=C(c2cccc3c2CCN(C(=O)C2CC(c4cccc(Cl)c4F)=NO2)C3C(=O)Nc2ccc(C(=O)O)cc2)CC1. The summed E-state index contributed by atoms with van der Waals surface area (Å²) in [7, 11) is 0. The number of nitrogens with one attached hydrogen (secondary N) is 1. The van der Waals surface area contributed by atoms with Gasteiger partial charge in [0.2, 0.25) is 12.0 Å². The average Bonchev–Trinajstić information content (AvgIpc) is 3.58. The molecule has 0 bridgehead atoms. The van der Waals surface area contributed by atoms with Gasteiger partial charge in [0.25, 0.3) is 11.8 Å². The van der Waals surface area contributed by atoms with E-state index in [0.29, 0.717) is 37.2 Å². The van der Waals surface area contributed by atoms with Crippen molar-refractivity contribution < 1.29 is 33.5 Å². The van der Waals surface area contributed by atoms with Crippen LogP contribution in [0.25, 0.3) is 5.57 Å². The predicted octanol–water partition coefficient (Wildman–Crippen LogP) is 4.40. The lowest BCUT2D eigenvalue weighted by Crippen LogP contribution is -2.49. The zero-order chi connectivity index (χ0) is 34.1. The fraction of sp³-hybridized carbons (Fsp3) is 0.286. The number of benzene rings is 3. The number of fused-ring (bicyclic) bond motifs is 1. The molecular formula is C35H33ClFN5O6. The van der Waals surface area contributed by atoms with Crippen LogP contribution in [0, 0.1) is 5.82 Å². The molecule has 11 nitrogen and oxygen atoms in total. The number of carboxylic acid groups (broad SMARTS) is 1. The quantitative estimate of drug-likeness (QED) is 0.336. The normalized spacial score (nSPS) is 19.4. The fourth-order valence-corrected chi connectivity index (χ4v) is 6.55. The van der Waals surface area contributed by atoms with Crippen molar-refractivity contribution in [2.24, 2.45) is 10.9 Å². The van der Waals surface area contributed by atoms with Crippen molar-refractivity contribution in [2.45, 2.75) is 44.4 Å². The van der Waals surface area contributed by atoms with Crippen LogP contribution >= 0.6 is 11.6 Å². The van der Waals surface area contributed by atoms with Gasteiger partial charge in [0.05, 0.1) is 22.3 Å². The Morgan fingerprint density at radius 1 is 1.04 bits per heavy atom. The van der Waals surface area contributed by atoms with Gasteiger partial charge in [-0.3, -0.25) is 14.4 Å². The van der Waals surface area contributed by atoms with E-state index in [0.717, 1.165) is 16.7 Å². The molecule has 6 rings (SSSR count). The number of aromatic carboxylic acids is 1. The zero-order valence-electron chi connectivity index (χ0n) is 26.0. The first kappa shape index (κ1) is 32.9. The highest BCUT2D eigenvalue weighted by Gasteiger charge is 2.42. The maximum atomic E-state index is 14.8. The molecule has 0 radical (unpaired) electrons. The molecule has 3 aliphatic rings. The first-order valence-electron chi connectivity index (χ1n) is 15.5. The summed E-state index contributed by atoms with van der Waals surface area (Å²) >= 11 is 5.96. The molecule has 4 N–H and O–H groups in total. The third kappa shape index (κ3) is 6.41. The summed E-state index contributed by atoms with van der Waals surface area (Å²) in [6.45, 7) is 2.76. The molecule has 3 aliphatic heterocycles. The number of anilines is 1. The number of nitrogens with two attached hydrogens (primary N) is 1. The van der Waals surface area contributed by atoms with Crippen molar-refractivity contribution in [3.05, 3.63) is 105 Å². The Labute approximate surface area is 280 Å². The van der Waals surface area contributed by atoms with Crippen molar-refractivity contribution in [1.82, 2.24) is 9.80 Å². The largest absolute Gasteiger partial charge is 0.478 e. The van der Waals surface area contributed by atoms with Crippen LogP contribution in [-0.2, 0) is 25.6 Å². The number of hydrogen-bond donors (Lipinski definition) is 3. The minimum atomic E-state index is -1.10. The van der Waals surface area contributed by atoms with Gasteiger partial charge in [-0.25, -0.2) is 9.18 Å². The Balaban J connectivity index is 1.30. The number of carbonyl (C=O) groups is 4. The smallest absolute Gasteiger partial charge is 0.335 e. The van der Waals surface area contributed by atoms with Gasteiger partial charge >= 0.3 is 5.97 Å². The van der Waals surface area contributed by atoms with E-state index in [1.165, 1.54) is 41.3 Å². The topological polar surface area (TPSA) is 155 Å². The molecule has 48 heavy (non-hydrogen) atoms. The van der Waals surface area contributed by atoms with Crippen LogP contribution in [0.2, 0.25) is 5.02 Å². The van der Waals surface area contributed by atoms with Crippen LogP contribution < -0.4 is 11.1 Å². The number of amides is 3. The molecule has 3 aromatic carbocycles. The van der Waals surface area contributed by atoms with E-state index in [-0.39, 0.29) is 40.7 Å². The second kappa shape index (κ2) is 13.6. The number of carboxylic acids is 1. The molecule has 3 amide bonds. The highest BCUT2D eigenvalue weighted by Crippen LogP contribution is 2.38. The molecule has 0 saturated heterocycles. The van der Waals surface area contributed by atoms with E-state index in [9.17, 15) is 28.7 Å². The minimum absolute atomic E-state index is 0.0198. The molecule has 248 valence electrons. The number of halogens is 2. The third-order valence-corrected chi connectivity index (χ3v) is 9.11. The predicted molar refractivity (Wildman–Crippen MR) is 177 cm³/mol. The van der Waals surface area contributed by atoms with Gasteiger partial charge in [0.1, 0.15) is 6.04 Å². The van der Waals surface area contributed by atoms with Gasteiger partial charge in [-0.05, 0) is 78.4 Å². The second-order valence-electron chi connectivity index (χ2n) is 11.9. The first-order chi connectivity index (χ1) is 23.0. The molecule has 0 aromatic heterocycles. The molecular weight excluding hydrogens is 641 g/mol. The van der Waals surface area contributed by atoms with Crippen LogP contribution in [-0.4, -0.2) is 76.1 Å². The van der Waals surface area contributed by atoms with E-state index in [2.05, 4.69) is 10.5 Å². The summed E-state index contributed by atoms with van der Waals surface area (Å²) in [5, 5.41) is 16.0. The number of nitrogens with zero attached hydrogens (tertiary/aromatic N) is 3. The third-order valence-electron chi connectivity index (χ3n) is 8.82. The molecule has 0 spiro atoms. The molecule has 3 heterocycles. The molecule has 0 saturated carbocycles. The van der Waals surface area contributed by atoms with Gasteiger partial charge in [0.15, 0.2) is 5.82 Å². The fourth-order valence-electron chi connectivity index (χ4n) is 6.38. The van der Waals surface area contributed by atoms with Crippen molar-refractivity contribution in [3.63, 3.8) is 0 Å². The average molecular weight is 674 g/mol. The van der Waals surface area contributed by atoms with E-state index in [4.69, 9.17) is 22.2 Å². The number of carbonyl (C=O) groups excluding carboxylic acids is 3. The highest BCUT2D eigenvalue weighted by molar-refractivity contribution is 6.31. The van der Waals surface area contributed by atoms with Crippen molar-refractivity contribution in [3.8, 4) is 0 Å². The first-order valence-corrected chi connectivity index (χ1v) is 15.9. The van der Waals surface area contributed by atoms with Crippen molar-refractivity contribution in [1.29, 1.82) is 0 Å². The summed E-state index contributed by atoms with van der Waals surface area (Å²) in [6.07, 6.45) is 1.92. The molecule has 3 aromatic rings. The lowest BCUT2D eigenvalue weighted by Gasteiger charge is -2.38. The van der Waals surface area contributed by atoms with Crippen LogP contribution in [0.5, 0.6) is 0 Å². The Morgan fingerprint density at radius 3 is 2.46 bits per heavy atom. The van der Waals surface area contributed by atoms with Crippen LogP contribution in [0.15, 0.2) is 71.9 Å². The van der Waals surface area contributed by atoms with Crippen molar-refractivity contribution >= 4 is 52.3 Å².